The highest BCUT2D eigenvalue weighted by Crippen LogP contribution is 2.33. The molecule has 0 unspecified atom stereocenters. The lowest BCUT2D eigenvalue weighted by atomic mass is 9.83. The number of hydrogen-bond acceptors (Lipinski definition) is 8. The van der Waals surface area contributed by atoms with Gasteiger partial charge in [-0.3, -0.25) is 4.79 Å². The molecule has 1 amide bonds. The lowest BCUT2D eigenvalue weighted by Crippen LogP contribution is -2.42. The van der Waals surface area contributed by atoms with Gasteiger partial charge in [-0.1, -0.05) is 6.92 Å². The molecule has 3 rings (SSSR count). The van der Waals surface area contributed by atoms with Gasteiger partial charge in [-0.25, -0.2) is 15.0 Å². The fourth-order valence-corrected chi connectivity index (χ4v) is 4.66. The fraction of sp³-hybridized carbons (Fsp3) is 0.480. The van der Waals surface area contributed by atoms with E-state index in [4.69, 9.17) is 16.1 Å². The average Bonchev–Trinajstić information content (AvgIpc) is 2.79. The van der Waals surface area contributed by atoms with E-state index in [0.29, 0.717) is 28.9 Å². The van der Waals surface area contributed by atoms with Crippen molar-refractivity contribution in [3.05, 3.63) is 30.3 Å². The summed E-state index contributed by atoms with van der Waals surface area (Å²) in [6.07, 6.45) is 2.45. The Morgan fingerprint density at radius 2 is 1.94 bits per heavy atom. The first-order chi connectivity index (χ1) is 16.5. The van der Waals surface area contributed by atoms with Crippen LogP contribution in [0.5, 0.6) is 0 Å². The highest BCUT2D eigenvalue weighted by Gasteiger charge is 2.31. The molecule has 1 saturated heterocycles. The number of nitrogens with one attached hydrogen (secondary N) is 2. The van der Waals surface area contributed by atoms with Crippen molar-refractivity contribution >= 4 is 46.5 Å². The maximum absolute atomic E-state index is 11.6. The minimum atomic E-state index is -0.698. The van der Waals surface area contributed by atoms with E-state index in [-0.39, 0.29) is 18.2 Å². The third-order valence-corrected chi connectivity index (χ3v) is 6.74. The summed E-state index contributed by atoms with van der Waals surface area (Å²) in [6, 6.07) is 9.35. The van der Waals surface area contributed by atoms with Gasteiger partial charge in [0.1, 0.15) is 11.7 Å². The van der Waals surface area contributed by atoms with Crippen LogP contribution < -0.4 is 16.0 Å². The van der Waals surface area contributed by atoms with Crippen LogP contribution >= 0.6 is 11.8 Å². The third kappa shape index (κ3) is 8.03. The summed E-state index contributed by atoms with van der Waals surface area (Å²) in [5, 5.41) is 21.4. The van der Waals surface area contributed by atoms with Crippen LogP contribution in [0.2, 0.25) is 0 Å². The molecule has 1 aromatic heterocycles. The second-order valence-electron chi connectivity index (χ2n) is 9.37. The van der Waals surface area contributed by atoms with Crippen LogP contribution in [0.15, 0.2) is 45.4 Å². The highest BCUT2D eigenvalue weighted by atomic mass is 32.2. The lowest BCUT2D eigenvalue weighted by Gasteiger charge is -2.38. The number of rotatable bonds is 9. The molecule has 0 spiro atoms. The van der Waals surface area contributed by atoms with Crippen LogP contribution in [-0.4, -0.2) is 51.2 Å². The van der Waals surface area contributed by atoms with E-state index in [9.17, 15) is 9.90 Å². The van der Waals surface area contributed by atoms with Crippen molar-refractivity contribution in [1.29, 1.82) is 5.41 Å². The van der Waals surface area contributed by atoms with E-state index in [0.717, 1.165) is 42.3 Å². The molecule has 10 heteroatoms. The standard InChI is InChI=1S/C25H35N7O2S/c1-5-23(33)28-18-6-8-19(9-7-18)35-24-30-21(29-20(27)14-16(2)26)15-22(31-24)32-12-10-17(11-13-32)25(3,4)34/h6-9,15,17,26,34H,5,10-14H2,1-4H3,(H,28,33)(H2,27,29,30,31). The molecule has 2 aromatic rings. The van der Waals surface area contributed by atoms with Crippen molar-refractivity contribution in [2.75, 3.05) is 23.3 Å². The van der Waals surface area contributed by atoms with Crippen molar-refractivity contribution < 1.29 is 9.90 Å². The SMILES string of the molecule is CCC(=O)Nc1ccc(Sc2nc(N=C(N)CC(C)=N)cc(N3CCC(C(C)(C)O)CC3)n2)cc1. The monoisotopic (exact) mass is 497 g/mol. The van der Waals surface area contributed by atoms with Crippen LogP contribution in [-0.2, 0) is 4.79 Å². The number of piperidine rings is 1. The van der Waals surface area contributed by atoms with E-state index in [1.165, 1.54) is 11.8 Å². The molecule has 35 heavy (non-hydrogen) atoms. The Morgan fingerprint density at radius 1 is 1.29 bits per heavy atom. The lowest BCUT2D eigenvalue weighted by molar-refractivity contribution is -0.115. The topological polar surface area (TPSA) is 141 Å². The molecule has 0 saturated carbocycles. The molecule has 5 N–H and O–H groups in total. The second kappa shape index (κ2) is 11.6. The van der Waals surface area contributed by atoms with E-state index in [2.05, 4.69) is 20.2 Å². The number of carbonyl (C=O) groups excluding carboxylic acids is 1. The molecule has 1 aliphatic rings. The van der Waals surface area contributed by atoms with Gasteiger partial charge in [0.25, 0.3) is 0 Å². The van der Waals surface area contributed by atoms with Gasteiger partial charge in [-0.15, -0.1) is 0 Å². The highest BCUT2D eigenvalue weighted by molar-refractivity contribution is 7.99. The quantitative estimate of drug-likeness (QED) is 0.229. The van der Waals surface area contributed by atoms with Crippen LogP contribution in [0.1, 0.15) is 53.4 Å². The molecular formula is C25H35N7O2S. The second-order valence-corrected chi connectivity index (χ2v) is 10.4. The Hall–Kier alpha value is -2.98. The number of anilines is 2. The molecule has 0 aliphatic carbocycles. The summed E-state index contributed by atoms with van der Waals surface area (Å²) in [4.78, 5) is 28.6. The summed E-state index contributed by atoms with van der Waals surface area (Å²) in [6.45, 7) is 8.79. The molecule has 0 bridgehead atoms. The van der Waals surface area contributed by atoms with Crippen LogP contribution in [0.25, 0.3) is 0 Å². The zero-order valence-electron chi connectivity index (χ0n) is 20.8. The van der Waals surface area contributed by atoms with Crippen molar-refractivity contribution in [3.8, 4) is 0 Å². The number of aromatic nitrogens is 2. The first-order valence-corrected chi connectivity index (χ1v) is 12.7. The number of benzene rings is 1. The molecule has 0 atom stereocenters. The van der Waals surface area contributed by atoms with Crippen LogP contribution in [0.4, 0.5) is 17.3 Å². The molecule has 188 valence electrons. The van der Waals surface area contributed by atoms with Gasteiger partial charge >= 0.3 is 0 Å². The Morgan fingerprint density at radius 3 is 2.51 bits per heavy atom. The fourth-order valence-electron chi connectivity index (χ4n) is 3.90. The van der Waals surface area contributed by atoms with Gasteiger partial charge in [0.2, 0.25) is 5.91 Å². The summed E-state index contributed by atoms with van der Waals surface area (Å²) in [7, 11) is 0. The Labute approximate surface area is 211 Å². The maximum Gasteiger partial charge on any atom is 0.224 e. The number of aliphatic imine (C=N–C) groups is 1. The van der Waals surface area contributed by atoms with Crippen molar-refractivity contribution in [3.63, 3.8) is 0 Å². The van der Waals surface area contributed by atoms with Gasteiger partial charge in [0.05, 0.1) is 5.60 Å². The molecule has 9 nitrogen and oxygen atoms in total. The van der Waals surface area contributed by atoms with Crippen molar-refractivity contribution in [2.24, 2.45) is 16.6 Å². The van der Waals surface area contributed by atoms with E-state index >= 15 is 0 Å². The molecule has 1 aromatic carbocycles. The van der Waals surface area contributed by atoms with Crippen molar-refractivity contribution in [2.45, 2.75) is 69.0 Å². The zero-order chi connectivity index (χ0) is 25.6. The maximum atomic E-state index is 11.6. The van der Waals surface area contributed by atoms with Crippen LogP contribution in [0.3, 0.4) is 0 Å². The molecule has 0 radical (unpaired) electrons. The molecule has 1 fully saturated rings. The van der Waals surface area contributed by atoms with Gasteiger partial charge < -0.3 is 26.5 Å². The summed E-state index contributed by atoms with van der Waals surface area (Å²) in [5.41, 5.74) is 6.51. The number of aliphatic hydroxyl groups is 1. The first-order valence-electron chi connectivity index (χ1n) is 11.8. The predicted molar refractivity (Wildman–Crippen MR) is 142 cm³/mol. The Kier molecular flexibility index (Phi) is 8.85. The largest absolute Gasteiger partial charge is 0.390 e. The van der Waals surface area contributed by atoms with Gasteiger partial charge in [-0.05, 0) is 75.6 Å². The zero-order valence-corrected chi connectivity index (χ0v) is 21.7. The summed E-state index contributed by atoms with van der Waals surface area (Å²) >= 11 is 1.41. The number of hydrogen-bond donors (Lipinski definition) is 4. The molecule has 2 heterocycles. The minimum absolute atomic E-state index is 0.0324. The number of nitrogens with zero attached hydrogens (tertiary/aromatic N) is 4. The van der Waals surface area contributed by atoms with Crippen molar-refractivity contribution in [1.82, 2.24) is 9.97 Å². The Bertz CT molecular complexity index is 1070. The van der Waals surface area contributed by atoms with Gasteiger partial charge in [-0.2, -0.15) is 0 Å². The van der Waals surface area contributed by atoms with E-state index in [1.807, 2.05) is 51.1 Å². The van der Waals surface area contributed by atoms with E-state index in [1.54, 1.807) is 6.92 Å². The first kappa shape index (κ1) is 26.6. The number of amides is 1. The minimum Gasteiger partial charge on any atom is -0.390 e. The molecular weight excluding hydrogens is 462 g/mol. The number of nitrogens with two attached hydrogens (primary N) is 1. The molecule has 1 aliphatic heterocycles. The van der Waals surface area contributed by atoms with Gasteiger partial charge in [0.15, 0.2) is 11.0 Å². The third-order valence-electron chi connectivity index (χ3n) is 5.87. The predicted octanol–water partition coefficient (Wildman–Crippen LogP) is 4.38. The summed E-state index contributed by atoms with van der Waals surface area (Å²) < 4.78 is 0. The number of amidine groups is 1. The average molecular weight is 498 g/mol. The summed E-state index contributed by atoms with van der Waals surface area (Å²) in [5.74, 6) is 1.75. The van der Waals surface area contributed by atoms with E-state index < -0.39 is 5.60 Å². The normalized spacial score (nSPS) is 15.2. The van der Waals surface area contributed by atoms with Gasteiger partial charge in [0, 0.05) is 48.3 Å². The number of carbonyl (C=O) groups is 1. The Balaban J connectivity index is 1.84. The smallest absolute Gasteiger partial charge is 0.224 e. The van der Waals surface area contributed by atoms with Crippen LogP contribution in [0, 0.1) is 11.3 Å².